The summed E-state index contributed by atoms with van der Waals surface area (Å²) in [6.07, 6.45) is 1.51. The van der Waals surface area contributed by atoms with Crippen molar-refractivity contribution in [2.45, 2.75) is 20.8 Å². The highest BCUT2D eigenvalue weighted by Crippen LogP contribution is 2.29. The van der Waals surface area contributed by atoms with Gasteiger partial charge in [0.2, 0.25) is 0 Å². The molecule has 0 radical (unpaired) electrons. The Morgan fingerprint density at radius 2 is 1.79 bits per heavy atom. The minimum absolute atomic E-state index is 0.0326. The zero-order valence-electron chi connectivity index (χ0n) is 18.1. The molecule has 170 valence electrons. The van der Waals surface area contributed by atoms with Gasteiger partial charge in [-0.05, 0) is 57.2 Å². The number of non-ortho nitro benzene ring substituents is 1. The van der Waals surface area contributed by atoms with E-state index in [4.69, 9.17) is 4.74 Å². The number of esters is 1. The van der Waals surface area contributed by atoms with E-state index in [0.717, 1.165) is 34.8 Å². The molecule has 0 saturated heterocycles. The Balaban J connectivity index is 1.83. The first-order chi connectivity index (χ1) is 15.7. The van der Waals surface area contributed by atoms with E-state index in [-0.39, 0.29) is 17.3 Å². The van der Waals surface area contributed by atoms with E-state index in [1.165, 1.54) is 12.3 Å². The average molecular weight is 451 g/mol. The van der Waals surface area contributed by atoms with Crippen molar-refractivity contribution in [1.82, 2.24) is 4.57 Å². The van der Waals surface area contributed by atoms with Crippen molar-refractivity contribution in [3.63, 3.8) is 0 Å². The maximum Gasteiger partial charge on any atom is 0.338 e. The van der Waals surface area contributed by atoms with E-state index >= 15 is 0 Å². The number of benzene rings is 2. The van der Waals surface area contributed by atoms with Gasteiger partial charge in [-0.25, -0.2) is 4.79 Å². The van der Waals surface area contributed by atoms with E-state index in [1.807, 2.05) is 36.6 Å². The lowest BCUT2D eigenvalue weighted by molar-refractivity contribution is -0.393. The van der Waals surface area contributed by atoms with Crippen LogP contribution in [0.2, 0.25) is 0 Å². The van der Waals surface area contributed by atoms with Crippen molar-refractivity contribution in [1.29, 1.82) is 0 Å². The molecule has 3 aromatic rings. The van der Waals surface area contributed by atoms with E-state index in [9.17, 15) is 25.0 Å². The second-order valence-corrected chi connectivity index (χ2v) is 7.01. The summed E-state index contributed by atoms with van der Waals surface area (Å²) in [7, 11) is 0. The van der Waals surface area contributed by atoms with Crippen molar-refractivity contribution in [3.8, 4) is 5.69 Å². The summed E-state index contributed by atoms with van der Waals surface area (Å²) in [5.74, 6) is -0.385. The summed E-state index contributed by atoms with van der Waals surface area (Å²) in [6, 6.07) is 12.2. The summed E-state index contributed by atoms with van der Waals surface area (Å²) in [6.45, 7) is 5.85. The summed E-state index contributed by atoms with van der Waals surface area (Å²) in [4.78, 5) is 32.6. The van der Waals surface area contributed by atoms with Crippen LogP contribution in [0.15, 0.2) is 53.6 Å². The van der Waals surface area contributed by atoms with E-state index in [2.05, 4.69) is 10.5 Å². The number of carbonyl (C=O) groups excluding carboxylic acids is 1. The van der Waals surface area contributed by atoms with Crippen molar-refractivity contribution in [2.24, 2.45) is 5.10 Å². The van der Waals surface area contributed by atoms with Crippen molar-refractivity contribution in [3.05, 3.63) is 91.3 Å². The van der Waals surface area contributed by atoms with Gasteiger partial charge in [0.1, 0.15) is 5.69 Å². The molecule has 0 fully saturated rings. The SMILES string of the molecule is CCOC(=O)c1ccc(-n2c(C)cc(/C=N\Nc3ccc([N+](=O)[O-])cc3[N+](=O)[O-])c2C)cc1. The Morgan fingerprint density at radius 1 is 1.09 bits per heavy atom. The Hall–Kier alpha value is -4.54. The lowest BCUT2D eigenvalue weighted by atomic mass is 10.2. The van der Waals surface area contributed by atoms with Gasteiger partial charge in [0, 0.05) is 28.7 Å². The monoisotopic (exact) mass is 451 g/mol. The molecule has 1 aromatic heterocycles. The van der Waals surface area contributed by atoms with Crippen LogP contribution in [0.25, 0.3) is 5.69 Å². The number of hydrogen-bond acceptors (Lipinski definition) is 8. The number of hydrazone groups is 1. The fourth-order valence-electron chi connectivity index (χ4n) is 3.33. The third-order valence-electron chi connectivity index (χ3n) is 4.88. The van der Waals surface area contributed by atoms with E-state index in [1.54, 1.807) is 19.1 Å². The number of nitro benzene ring substituents is 2. The largest absolute Gasteiger partial charge is 0.462 e. The van der Waals surface area contributed by atoms with E-state index in [0.29, 0.717) is 12.2 Å². The molecule has 2 aromatic carbocycles. The second kappa shape index (κ2) is 9.73. The Morgan fingerprint density at radius 3 is 2.39 bits per heavy atom. The van der Waals surface area contributed by atoms with Crippen LogP contribution in [0.5, 0.6) is 0 Å². The zero-order valence-corrected chi connectivity index (χ0v) is 18.1. The number of aryl methyl sites for hydroxylation is 1. The highest BCUT2D eigenvalue weighted by molar-refractivity contribution is 5.89. The van der Waals surface area contributed by atoms with Gasteiger partial charge in [-0.3, -0.25) is 25.7 Å². The fraction of sp³-hybridized carbons (Fsp3) is 0.182. The molecule has 0 aliphatic heterocycles. The molecular formula is C22H21N5O6. The second-order valence-electron chi connectivity index (χ2n) is 7.01. The Bertz CT molecular complexity index is 1250. The third kappa shape index (κ3) is 5.03. The molecule has 3 rings (SSSR count). The topological polar surface area (TPSA) is 142 Å². The van der Waals surface area contributed by atoms with Crippen molar-refractivity contribution in [2.75, 3.05) is 12.0 Å². The number of rotatable bonds is 8. The molecule has 0 atom stereocenters. The molecule has 33 heavy (non-hydrogen) atoms. The van der Waals surface area contributed by atoms with Gasteiger partial charge in [0.05, 0.1) is 34.3 Å². The Labute approximate surface area is 188 Å². The molecule has 0 saturated carbocycles. The first-order valence-electron chi connectivity index (χ1n) is 9.91. The molecular weight excluding hydrogens is 430 g/mol. The van der Waals surface area contributed by atoms with Gasteiger partial charge in [-0.15, -0.1) is 0 Å². The molecule has 1 heterocycles. The van der Waals surface area contributed by atoms with Crippen LogP contribution in [0.4, 0.5) is 17.1 Å². The smallest absolute Gasteiger partial charge is 0.338 e. The number of nitrogens with one attached hydrogen (secondary N) is 1. The van der Waals surface area contributed by atoms with Gasteiger partial charge in [-0.2, -0.15) is 5.10 Å². The van der Waals surface area contributed by atoms with Crippen molar-refractivity contribution < 1.29 is 19.4 Å². The maximum atomic E-state index is 11.9. The lowest BCUT2D eigenvalue weighted by Gasteiger charge is -2.10. The standard InChI is InChI=1S/C22H21N5O6/c1-4-33-22(28)16-5-7-18(8-6-16)25-14(2)11-17(15(25)3)13-23-24-20-10-9-19(26(29)30)12-21(20)27(31)32/h5-13,24H,4H2,1-3H3/b23-13-. The summed E-state index contributed by atoms with van der Waals surface area (Å²) in [5.41, 5.74) is 5.62. The summed E-state index contributed by atoms with van der Waals surface area (Å²) in [5, 5.41) is 26.2. The number of aromatic nitrogens is 1. The number of anilines is 1. The molecule has 11 heteroatoms. The van der Waals surface area contributed by atoms with Crippen LogP contribution < -0.4 is 5.43 Å². The normalized spacial score (nSPS) is 10.9. The van der Waals surface area contributed by atoms with Gasteiger partial charge in [0.15, 0.2) is 0 Å². The maximum absolute atomic E-state index is 11.9. The van der Waals surface area contributed by atoms with Gasteiger partial charge in [0.25, 0.3) is 5.69 Å². The fourth-order valence-corrected chi connectivity index (χ4v) is 3.33. The number of nitro groups is 2. The van der Waals surface area contributed by atoms with Crippen LogP contribution in [0.1, 0.15) is 34.2 Å². The molecule has 11 nitrogen and oxygen atoms in total. The minimum Gasteiger partial charge on any atom is -0.462 e. The first kappa shape index (κ1) is 23.1. The lowest BCUT2D eigenvalue weighted by Crippen LogP contribution is -2.05. The quantitative estimate of drug-likeness (QED) is 0.229. The highest BCUT2D eigenvalue weighted by Gasteiger charge is 2.19. The van der Waals surface area contributed by atoms with Crippen LogP contribution in [-0.4, -0.2) is 33.2 Å². The molecule has 0 aliphatic carbocycles. The molecule has 1 N–H and O–H groups in total. The third-order valence-corrected chi connectivity index (χ3v) is 4.88. The predicted octanol–water partition coefficient (Wildman–Crippen LogP) is 4.53. The van der Waals surface area contributed by atoms with Gasteiger partial charge in [-0.1, -0.05) is 0 Å². The summed E-state index contributed by atoms with van der Waals surface area (Å²) < 4.78 is 6.98. The number of hydrogen-bond donors (Lipinski definition) is 1. The summed E-state index contributed by atoms with van der Waals surface area (Å²) >= 11 is 0. The number of ether oxygens (including phenoxy) is 1. The predicted molar refractivity (Wildman–Crippen MR) is 122 cm³/mol. The first-order valence-corrected chi connectivity index (χ1v) is 9.91. The molecule has 0 unspecified atom stereocenters. The van der Waals surface area contributed by atoms with E-state index < -0.39 is 15.5 Å². The number of nitrogens with zero attached hydrogens (tertiary/aromatic N) is 4. The minimum atomic E-state index is -0.712. The van der Waals surface area contributed by atoms with Crippen molar-refractivity contribution >= 4 is 29.2 Å². The van der Waals surface area contributed by atoms with Crippen LogP contribution in [-0.2, 0) is 4.74 Å². The zero-order chi connectivity index (χ0) is 24.1. The molecule has 0 bridgehead atoms. The molecule has 0 spiro atoms. The molecule has 0 aliphatic rings. The molecule has 0 amide bonds. The highest BCUT2D eigenvalue weighted by atomic mass is 16.6. The Kier molecular flexibility index (Phi) is 6.82. The van der Waals surface area contributed by atoms with Crippen LogP contribution >= 0.6 is 0 Å². The van der Waals surface area contributed by atoms with Gasteiger partial charge < -0.3 is 9.30 Å². The average Bonchev–Trinajstić information content (AvgIpc) is 3.06. The van der Waals surface area contributed by atoms with Crippen LogP contribution in [0.3, 0.4) is 0 Å². The number of carbonyl (C=O) groups is 1. The van der Waals surface area contributed by atoms with Gasteiger partial charge >= 0.3 is 11.7 Å². The van der Waals surface area contributed by atoms with Crippen LogP contribution in [0, 0.1) is 34.1 Å².